The van der Waals surface area contributed by atoms with Crippen LogP contribution in [0.25, 0.3) is 0 Å². The fraction of sp³-hybridized carbons (Fsp3) is 0.259. The molecule has 0 fully saturated rings. The molecule has 0 aliphatic rings. The summed E-state index contributed by atoms with van der Waals surface area (Å²) in [6.45, 7) is 0.159. The summed E-state index contributed by atoms with van der Waals surface area (Å²) in [6.07, 6.45) is -2.77. The minimum absolute atomic E-state index is 0.159. The Morgan fingerprint density at radius 2 is 1.57 bits per heavy atom. The lowest BCUT2D eigenvalue weighted by molar-refractivity contribution is -0.137. The summed E-state index contributed by atoms with van der Waals surface area (Å²) < 4.78 is 24.6. The van der Waals surface area contributed by atoms with Gasteiger partial charge in [0.2, 0.25) is 13.7 Å². The summed E-state index contributed by atoms with van der Waals surface area (Å²) in [5.41, 5.74) is 2.12. The molecular formula is C27H29ClNO7P. The van der Waals surface area contributed by atoms with E-state index in [2.05, 4.69) is 5.32 Å². The van der Waals surface area contributed by atoms with Gasteiger partial charge in [-0.3, -0.25) is 9.36 Å². The van der Waals surface area contributed by atoms with Gasteiger partial charge in [0, 0.05) is 23.2 Å². The Kier molecular flexibility index (Phi) is 10.7. The second-order valence-electron chi connectivity index (χ2n) is 8.36. The maximum atomic E-state index is 13.2. The summed E-state index contributed by atoms with van der Waals surface area (Å²) in [7, 11) is -4.05. The van der Waals surface area contributed by atoms with Crippen molar-refractivity contribution in [1.29, 1.82) is 0 Å². The van der Waals surface area contributed by atoms with Crippen LogP contribution < -0.4 is 5.32 Å². The highest BCUT2D eigenvalue weighted by Gasteiger charge is 2.34. The van der Waals surface area contributed by atoms with Crippen molar-refractivity contribution in [2.45, 2.75) is 37.9 Å². The summed E-state index contributed by atoms with van der Waals surface area (Å²) >= 11 is 6.16. The zero-order valence-corrected chi connectivity index (χ0v) is 21.7. The minimum atomic E-state index is -4.05. The SMILES string of the molecule is O=C(O)CCC(NC(=O)OC(OCc1ccccc1)c1ccccc1)P(=O)(O)CCc1ccccc1Cl. The summed E-state index contributed by atoms with van der Waals surface area (Å²) in [4.78, 5) is 34.8. The van der Waals surface area contributed by atoms with Gasteiger partial charge < -0.3 is 24.8 Å². The molecule has 37 heavy (non-hydrogen) atoms. The van der Waals surface area contributed by atoms with Gasteiger partial charge in [-0.2, -0.15) is 0 Å². The first kappa shape index (κ1) is 28.4. The molecule has 196 valence electrons. The van der Waals surface area contributed by atoms with Gasteiger partial charge in [0.1, 0.15) is 5.78 Å². The smallest absolute Gasteiger partial charge is 0.410 e. The number of carbonyl (C=O) groups is 2. The molecule has 1 amide bonds. The predicted molar refractivity (Wildman–Crippen MR) is 141 cm³/mol. The highest BCUT2D eigenvalue weighted by molar-refractivity contribution is 7.58. The first-order valence-corrected chi connectivity index (χ1v) is 14.0. The van der Waals surface area contributed by atoms with Gasteiger partial charge in [-0.15, -0.1) is 0 Å². The van der Waals surface area contributed by atoms with Crippen LogP contribution in [-0.2, 0) is 31.9 Å². The molecule has 0 heterocycles. The number of carboxylic acids is 1. The van der Waals surface area contributed by atoms with E-state index in [1.807, 2.05) is 30.3 Å². The van der Waals surface area contributed by atoms with Crippen molar-refractivity contribution in [3.8, 4) is 0 Å². The molecule has 0 aliphatic carbocycles. The van der Waals surface area contributed by atoms with Crippen molar-refractivity contribution in [2.24, 2.45) is 0 Å². The van der Waals surface area contributed by atoms with Gasteiger partial charge in [0.25, 0.3) is 0 Å². The average molecular weight is 546 g/mol. The topological polar surface area (TPSA) is 122 Å². The molecule has 0 aromatic heterocycles. The quantitative estimate of drug-likeness (QED) is 0.178. The Bertz CT molecular complexity index is 1210. The third kappa shape index (κ3) is 9.34. The Morgan fingerprint density at radius 3 is 2.22 bits per heavy atom. The van der Waals surface area contributed by atoms with E-state index in [0.717, 1.165) is 5.56 Å². The van der Waals surface area contributed by atoms with Crippen molar-refractivity contribution in [2.75, 3.05) is 6.16 Å². The lowest BCUT2D eigenvalue weighted by Gasteiger charge is -2.25. The third-order valence-electron chi connectivity index (χ3n) is 5.59. The molecule has 3 atom stereocenters. The third-order valence-corrected chi connectivity index (χ3v) is 8.19. The molecule has 3 aromatic rings. The molecular weight excluding hydrogens is 517 g/mol. The monoisotopic (exact) mass is 545 g/mol. The number of ether oxygens (including phenoxy) is 2. The number of nitrogens with one attached hydrogen (secondary N) is 1. The second kappa shape index (κ2) is 14.0. The van der Waals surface area contributed by atoms with Crippen molar-refractivity contribution in [1.82, 2.24) is 5.32 Å². The van der Waals surface area contributed by atoms with Gasteiger partial charge in [0.05, 0.1) is 6.61 Å². The molecule has 0 spiro atoms. The number of carbonyl (C=O) groups excluding carboxylic acids is 1. The van der Waals surface area contributed by atoms with Crippen LogP contribution in [0.15, 0.2) is 84.9 Å². The lowest BCUT2D eigenvalue weighted by atomic mass is 10.2. The molecule has 0 saturated carbocycles. The number of aryl methyl sites for hydroxylation is 1. The first-order valence-electron chi connectivity index (χ1n) is 11.7. The number of hydrogen-bond acceptors (Lipinski definition) is 5. The number of rotatable bonds is 13. The average Bonchev–Trinajstić information content (AvgIpc) is 2.89. The van der Waals surface area contributed by atoms with Crippen molar-refractivity contribution < 1.29 is 33.6 Å². The maximum Gasteiger partial charge on any atom is 0.410 e. The van der Waals surface area contributed by atoms with Crippen LogP contribution in [0.3, 0.4) is 0 Å². The number of benzene rings is 3. The molecule has 3 rings (SSSR count). The van der Waals surface area contributed by atoms with Crippen molar-refractivity contribution in [3.05, 3.63) is 107 Å². The fourth-order valence-corrected chi connectivity index (χ4v) is 5.54. The predicted octanol–water partition coefficient (Wildman–Crippen LogP) is 5.99. The van der Waals surface area contributed by atoms with E-state index in [9.17, 15) is 19.0 Å². The van der Waals surface area contributed by atoms with Crippen LogP contribution in [0.1, 0.15) is 35.8 Å². The maximum absolute atomic E-state index is 13.2. The Balaban J connectivity index is 1.71. The number of halogens is 1. The van der Waals surface area contributed by atoms with E-state index < -0.39 is 37.9 Å². The van der Waals surface area contributed by atoms with Crippen LogP contribution in [-0.4, -0.2) is 34.0 Å². The normalized spacial score (nSPS) is 14.2. The Labute approximate surface area is 220 Å². The van der Waals surface area contributed by atoms with E-state index in [0.29, 0.717) is 16.1 Å². The van der Waals surface area contributed by atoms with Crippen LogP contribution in [0, 0.1) is 0 Å². The van der Waals surface area contributed by atoms with Crippen LogP contribution in [0.4, 0.5) is 4.79 Å². The highest BCUT2D eigenvalue weighted by atomic mass is 35.5. The molecule has 3 unspecified atom stereocenters. The van der Waals surface area contributed by atoms with Crippen LogP contribution >= 0.6 is 19.0 Å². The van der Waals surface area contributed by atoms with E-state index in [1.54, 1.807) is 54.6 Å². The van der Waals surface area contributed by atoms with Gasteiger partial charge in [-0.1, -0.05) is 90.5 Å². The summed E-state index contributed by atoms with van der Waals surface area (Å²) in [6, 6.07) is 25.0. The first-order chi connectivity index (χ1) is 17.7. The van der Waals surface area contributed by atoms with Crippen molar-refractivity contribution >= 4 is 31.0 Å². The number of carboxylic acid groups (broad SMARTS) is 1. The Hall–Kier alpha value is -3.16. The van der Waals surface area contributed by atoms with Crippen molar-refractivity contribution in [3.63, 3.8) is 0 Å². The molecule has 3 N–H and O–H groups in total. The van der Waals surface area contributed by atoms with Gasteiger partial charge in [0.15, 0.2) is 0 Å². The minimum Gasteiger partial charge on any atom is -0.481 e. The van der Waals surface area contributed by atoms with Gasteiger partial charge in [-0.05, 0) is 30.0 Å². The van der Waals surface area contributed by atoms with E-state index in [4.69, 9.17) is 26.2 Å². The number of amides is 1. The van der Waals surface area contributed by atoms with Gasteiger partial charge >= 0.3 is 12.1 Å². The highest BCUT2D eigenvalue weighted by Crippen LogP contribution is 2.47. The van der Waals surface area contributed by atoms with Crippen LogP contribution in [0.5, 0.6) is 0 Å². The zero-order chi connectivity index (χ0) is 26.7. The number of aliphatic carboxylic acids is 1. The molecule has 0 aliphatic heterocycles. The summed E-state index contributed by atoms with van der Waals surface area (Å²) in [5, 5.41) is 12.0. The van der Waals surface area contributed by atoms with E-state index in [1.165, 1.54) is 0 Å². The molecule has 3 aromatic carbocycles. The summed E-state index contributed by atoms with van der Waals surface area (Å²) in [5.74, 6) is -2.48. The van der Waals surface area contributed by atoms with Crippen LogP contribution in [0.2, 0.25) is 5.02 Å². The van der Waals surface area contributed by atoms with Gasteiger partial charge in [-0.25, -0.2) is 4.79 Å². The molecule has 0 saturated heterocycles. The molecule has 8 nitrogen and oxygen atoms in total. The standard InChI is InChI=1S/C27H29ClNO7P/c28-23-14-8-7-11-21(23)17-18-37(33,34)24(15-16-25(30)31)29-27(32)36-26(22-12-5-2-6-13-22)35-19-20-9-3-1-4-10-20/h1-14,24,26H,15-19H2,(H,29,32)(H,30,31)(H,33,34). The molecule has 10 heteroatoms. The zero-order valence-electron chi connectivity index (χ0n) is 20.0. The van der Waals surface area contributed by atoms with E-state index in [-0.39, 0.29) is 25.6 Å². The van der Waals surface area contributed by atoms with E-state index >= 15 is 0 Å². The second-order valence-corrected chi connectivity index (χ2v) is 11.3. The molecule has 0 bridgehead atoms. The Morgan fingerprint density at radius 1 is 0.946 bits per heavy atom. The lowest BCUT2D eigenvalue weighted by Crippen LogP contribution is -2.37. The molecule has 0 radical (unpaired) electrons. The largest absolute Gasteiger partial charge is 0.481 e. The fourth-order valence-electron chi connectivity index (χ4n) is 3.59. The number of hydrogen-bond donors (Lipinski definition) is 3. The number of alkyl carbamates (subject to hydrolysis) is 1.